The number of aliphatic hydroxyl groups is 1. The Morgan fingerprint density at radius 2 is 1.88 bits per heavy atom. The van der Waals surface area contributed by atoms with E-state index in [1.54, 1.807) is 32.0 Å². The highest BCUT2D eigenvalue weighted by Crippen LogP contribution is 2.52. The summed E-state index contributed by atoms with van der Waals surface area (Å²) < 4.78 is 68.6. The number of nitrogen functional groups attached to an aromatic ring is 1. The van der Waals surface area contributed by atoms with Crippen molar-refractivity contribution in [3.63, 3.8) is 0 Å². The maximum atomic E-state index is 16.3. The van der Waals surface area contributed by atoms with Gasteiger partial charge in [0.15, 0.2) is 35.0 Å². The van der Waals surface area contributed by atoms with Gasteiger partial charge in [0.25, 0.3) is 5.85 Å². The van der Waals surface area contributed by atoms with Crippen LogP contribution in [0.25, 0.3) is 11.2 Å². The number of fused-ring (bicyclic) bond motifs is 1. The number of anilines is 2. The SMILES string of the molecule is CC(C)Nc1nc(N)nc2c1ncn2[C@@H]1O[C@](F)(CO[P@@](=O)(N[C@@H](C)C(=O)OC(C)C)Oc2ccccc2)[C@@H](O)[C@@]1(C)F. The van der Waals surface area contributed by atoms with E-state index in [0.29, 0.717) is 0 Å². The summed E-state index contributed by atoms with van der Waals surface area (Å²) in [6.45, 7) is 7.97. The summed E-state index contributed by atoms with van der Waals surface area (Å²) in [4.78, 5) is 24.8. The van der Waals surface area contributed by atoms with Gasteiger partial charge in [0.1, 0.15) is 18.4 Å². The maximum Gasteiger partial charge on any atom is 0.459 e. The highest BCUT2D eigenvalue weighted by molar-refractivity contribution is 7.52. The molecule has 1 fully saturated rings. The zero-order chi connectivity index (χ0) is 31.7. The third-order valence-electron chi connectivity index (χ3n) is 6.31. The molecule has 6 atom stereocenters. The van der Waals surface area contributed by atoms with E-state index in [-0.39, 0.29) is 34.7 Å². The molecular formula is C26H36F2N7O7P. The van der Waals surface area contributed by atoms with E-state index < -0.39 is 56.3 Å². The van der Waals surface area contributed by atoms with Crippen molar-refractivity contribution >= 4 is 36.6 Å². The van der Waals surface area contributed by atoms with Gasteiger partial charge in [-0.3, -0.25) is 13.9 Å². The number of carbonyl (C=O) groups excluding carboxylic acids is 1. The van der Waals surface area contributed by atoms with Crippen molar-refractivity contribution in [1.82, 2.24) is 24.6 Å². The highest BCUT2D eigenvalue weighted by atomic mass is 31.2. The Labute approximate surface area is 246 Å². The second-order valence-electron chi connectivity index (χ2n) is 10.9. The molecule has 236 valence electrons. The van der Waals surface area contributed by atoms with Gasteiger partial charge in [-0.05, 0) is 53.7 Å². The average Bonchev–Trinajstić information content (AvgIpc) is 3.40. The largest absolute Gasteiger partial charge is 0.462 e. The van der Waals surface area contributed by atoms with Gasteiger partial charge < -0.3 is 30.2 Å². The Balaban J connectivity index is 1.62. The molecule has 5 N–H and O–H groups in total. The zero-order valence-electron chi connectivity index (χ0n) is 24.5. The van der Waals surface area contributed by atoms with Gasteiger partial charge >= 0.3 is 13.7 Å². The summed E-state index contributed by atoms with van der Waals surface area (Å²) in [5.74, 6) is -3.87. The number of imidazole rings is 1. The quantitative estimate of drug-likeness (QED) is 0.169. The van der Waals surface area contributed by atoms with Gasteiger partial charge in [-0.25, -0.2) is 18.3 Å². The molecule has 43 heavy (non-hydrogen) atoms. The first kappa shape index (κ1) is 32.5. The summed E-state index contributed by atoms with van der Waals surface area (Å²) in [5.41, 5.74) is 3.30. The molecule has 1 aromatic carbocycles. The zero-order valence-corrected chi connectivity index (χ0v) is 25.4. The predicted molar refractivity (Wildman–Crippen MR) is 152 cm³/mol. The lowest BCUT2D eigenvalue weighted by Gasteiger charge is -2.28. The Bertz CT molecular complexity index is 1490. The van der Waals surface area contributed by atoms with E-state index in [9.17, 15) is 14.5 Å². The van der Waals surface area contributed by atoms with Gasteiger partial charge in [-0.2, -0.15) is 15.1 Å². The number of nitrogens with zero attached hydrogens (tertiary/aromatic N) is 4. The Morgan fingerprint density at radius 3 is 2.51 bits per heavy atom. The van der Waals surface area contributed by atoms with Crippen LogP contribution in [0.2, 0.25) is 0 Å². The first-order chi connectivity index (χ1) is 20.0. The Hall–Kier alpha value is -3.43. The summed E-state index contributed by atoms with van der Waals surface area (Å²) in [6.07, 6.45) is -3.58. The second kappa shape index (κ2) is 12.3. The Kier molecular flexibility index (Phi) is 9.28. The summed E-state index contributed by atoms with van der Waals surface area (Å²) in [7, 11) is -4.57. The molecule has 3 aromatic rings. The number of carbonyl (C=O) groups is 1. The van der Waals surface area contributed by atoms with Crippen LogP contribution in [-0.2, 0) is 23.4 Å². The molecule has 4 rings (SSSR count). The van der Waals surface area contributed by atoms with Crippen molar-refractivity contribution in [2.45, 2.75) is 83.6 Å². The predicted octanol–water partition coefficient (Wildman–Crippen LogP) is 3.65. The number of benzene rings is 1. The molecule has 0 unspecified atom stereocenters. The van der Waals surface area contributed by atoms with E-state index in [0.717, 1.165) is 17.8 Å². The molecular weight excluding hydrogens is 591 g/mol. The van der Waals surface area contributed by atoms with Crippen LogP contribution < -0.4 is 20.7 Å². The topological polar surface area (TPSA) is 185 Å². The van der Waals surface area contributed by atoms with Gasteiger partial charge in [-0.1, -0.05) is 18.2 Å². The molecule has 0 aliphatic carbocycles. The number of hydrogen-bond acceptors (Lipinski definition) is 12. The number of aliphatic hydroxyl groups excluding tert-OH is 1. The first-order valence-electron chi connectivity index (χ1n) is 13.5. The standard InChI is InChI=1S/C26H36F2N7O7P/c1-14(2)31-19-18-20(33-24(29)32-19)35(13-30-18)23-25(6,27)22(37)26(28,41-23)12-39-43(38,42-17-10-8-7-9-11-17)34-16(5)21(36)40-15(3)4/h7-11,13-16,22-23,37H,12H2,1-6H3,(H,34,38)(H3,29,31,32,33)/t16-,22-,23+,25+,26+,43-/m0/s1. The molecule has 0 amide bonds. The lowest BCUT2D eigenvalue weighted by Crippen LogP contribution is -2.47. The summed E-state index contributed by atoms with van der Waals surface area (Å²) in [5, 5.41) is 16.3. The number of hydrogen-bond donors (Lipinski definition) is 4. The van der Waals surface area contributed by atoms with Gasteiger partial charge in [0, 0.05) is 6.04 Å². The number of nitrogens with two attached hydrogens (primary N) is 1. The average molecular weight is 628 g/mol. The number of rotatable bonds is 12. The van der Waals surface area contributed by atoms with Crippen molar-refractivity contribution in [2.75, 3.05) is 17.7 Å². The molecule has 3 heterocycles. The van der Waals surface area contributed by atoms with Crippen molar-refractivity contribution in [2.24, 2.45) is 0 Å². The minimum Gasteiger partial charge on any atom is -0.462 e. The van der Waals surface area contributed by atoms with Crippen LogP contribution in [0.4, 0.5) is 20.5 Å². The smallest absolute Gasteiger partial charge is 0.459 e. The van der Waals surface area contributed by atoms with Crippen LogP contribution in [0, 0.1) is 0 Å². The third-order valence-corrected chi connectivity index (χ3v) is 7.93. The molecule has 0 bridgehead atoms. The van der Waals surface area contributed by atoms with E-state index in [2.05, 4.69) is 25.4 Å². The van der Waals surface area contributed by atoms with E-state index in [1.807, 2.05) is 13.8 Å². The maximum absolute atomic E-state index is 16.3. The molecule has 0 radical (unpaired) electrons. The monoisotopic (exact) mass is 627 g/mol. The van der Waals surface area contributed by atoms with Gasteiger partial charge in [-0.15, -0.1) is 0 Å². The lowest BCUT2D eigenvalue weighted by atomic mass is 9.97. The summed E-state index contributed by atoms with van der Waals surface area (Å²) >= 11 is 0. The number of nitrogens with one attached hydrogen (secondary N) is 2. The van der Waals surface area contributed by atoms with E-state index in [1.165, 1.54) is 19.1 Å². The molecule has 0 saturated carbocycles. The molecule has 1 aliphatic heterocycles. The molecule has 0 spiro atoms. The normalized spacial score (nSPS) is 26.0. The van der Waals surface area contributed by atoms with Crippen molar-refractivity contribution in [1.29, 1.82) is 0 Å². The molecule has 1 saturated heterocycles. The highest BCUT2D eigenvalue weighted by Gasteiger charge is 2.65. The molecule has 17 heteroatoms. The first-order valence-corrected chi connectivity index (χ1v) is 15.1. The fourth-order valence-electron chi connectivity index (χ4n) is 4.35. The van der Waals surface area contributed by atoms with E-state index >= 15 is 8.78 Å². The van der Waals surface area contributed by atoms with Crippen molar-refractivity contribution in [3.8, 4) is 5.75 Å². The minimum atomic E-state index is -4.57. The van der Waals surface area contributed by atoms with Gasteiger partial charge in [0.05, 0.1) is 12.4 Å². The minimum absolute atomic E-state index is 0.0131. The number of ether oxygens (including phenoxy) is 2. The number of halogens is 2. The van der Waals surface area contributed by atoms with E-state index in [4.69, 9.17) is 24.3 Å². The number of aromatic nitrogens is 4. The molecule has 14 nitrogen and oxygen atoms in total. The van der Waals surface area contributed by atoms with Crippen LogP contribution in [-0.4, -0.2) is 73.0 Å². The van der Waals surface area contributed by atoms with Gasteiger partial charge in [0.2, 0.25) is 5.95 Å². The molecule has 1 aliphatic rings. The van der Waals surface area contributed by atoms with Crippen LogP contribution in [0.15, 0.2) is 36.7 Å². The number of esters is 1. The van der Waals surface area contributed by atoms with Crippen molar-refractivity contribution < 1.29 is 41.8 Å². The van der Waals surface area contributed by atoms with Crippen LogP contribution in [0.1, 0.15) is 47.8 Å². The number of alkyl halides is 2. The van der Waals surface area contributed by atoms with Crippen LogP contribution >= 0.6 is 7.75 Å². The summed E-state index contributed by atoms with van der Waals surface area (Å²) in [6, 6.07) is 6.47. The second-order valence-corrected chi connectivity index (χ2v) is 12.6. The third kappa shape index (κ3) is 7.04. The fourth-order valence-corrected chi connectivity index (χ4v) is 5.85. The van der Waals surface area contributed by atoms with Crippen molar-refractivity contribution in [3.05, 3.63) is 36.7 Å². The Morgan fingerprint density at radius 1 is 1.21 bits per heavy atom. The fraction of sp³-hybridized carbons (Fsp3) is 0.538. The number of para-hydroxylation sites is 1. The van der Waals surface area contributed by atoms with Crippen LogP contribution in [0.5, 0.6) is 5.75 Å². The lowest BCUT2D eigenvalue weighted by molar-refractivity contribution is -0.202. The molecule has 2 aromatic heterocycles. The van der Waals surface area contributed by atoms with Crippen LogP contribution in [0.3, 0.4) is 0 Å².